The lowest BCUT2D eigenvalue weighted by Gasteiger charge is -2.31. The molecule has 0 fully saturated rings. The Labute approximate surface area is 125 Å². The van der Waals surface area contributed by atoms with Crippen molar-refractivity contribution in [3.63, 3.8) is 0 Å². The molecule has 5 nitrogen and oxygen atoms in total. The first-order valence-electron chi connectivity index (χ1n) is 7.19. The first-order valence-corrected chi connectivity index (χ1v) is 7.19. The Morgan fingerprint density at radius 3 is 2.33 bits per heavy atom. The zero-order chi connectivity index (χ0) is 15.8. The van der Waals surface area contributed by atoms with Crippen LogP contribution in [0.4, 0.5) is 4.79 Å². The van der Waals surface area contributed by atoms with Crippen LogP contribution in [0.1, 0.15) is 39.2 Å². The highest BCUT2D eigenvalue weighted by Gasteiger charge is 2.32. The molecule has 21 heavy (non-hydrogen) atoms. The maximum atomic E-state index is 12.2. The number of carboxylic acids is 1. The largest absolute Gasteiger partial charge is 0.480 e. The summed E-state index contributed by atoms with van der Waals surface area (Å²) in [4.78, 5) is 24.9. The Balaban J connectivity index is 2.75. The molecule has 1 unspecified atom stereocenters. The Kier molecular flexibility index (Phi) is 6.72. The molecule has 5 heteroatoms. The van der Waals surface area contributed by atoms with Crippen LogP contribution in [0.25, 0.3) is 0 Å². The van der Waals surface area contributed by atoms with E-state index < -0.39 is 18.1 Å². The van der Waals surface area contributed by atoms with Gasteiger partial charge < -0.3 is 9.84 Å². The van der Waals surface area contributed by atoms with Crippen molar-refractivity contribution >= 4 is 12.1 Å². The predicted molar refractivity (Wildman–Crippen MR) is 79.9 cm³/mol. The monoisotopic (exact) mass is 293 g/mol. The lowest BCUT2D eigenvalue weighted by Crippen LogP contribution is -2.49. The summed E-state index contributed by atoms with van der Waals surface area (Å²) in [5.74, 6) is -0.998. The molecule has 1 rings (SSSR count). The van der Waals surface area contributed by atoms with E-state index in [1.807, 2.05) is 37.3 Å². The van der Waals surface area contributed by atoms with E-state index in [4.69, 9.17) is 4.74 Å². The van der Waals surface area contributed by atoms with E-state index in [2.05, 4.69) is 0 Å². The molecule has 1 atom stereocenters. The lowest BCUT2D eigenvalue weighted by molar-refractivity contribution is -0.143. The topological polar surface area (TPSA) is 66.8 Å². The maximum absolute atomic E-state index is 12.2. The van der Waals surface area contributed by atoms with Crippen LogP contribution in [-0.4, -0.2) is 34.2 Å². The predicted octanol–water partition coefficient (Wildman–Crippen LogP) is 3.29. The molecule has 0 aromatic heterocycles. The Morgan fingerprint density at radius 1 is 1.24 bits per heavy atom. The number of rotatable bonds is 7. The third kappa shape index (κ3) is 5.10. The molecule has 0 saturated heterocycles. The summed E-state index contributed by atoms with van der Waals surface area (Å²) >= 11 is 0. The number of hydrogen-bond acceptors (Lipinski definition) is 3. The Hall–Kier alpha value is -2.04. The van der Waals surface area contributed by atoms with Gasteiger partial charge in [-0.3, -0.25) is 4.90 Å². The van der Waals surface area contributed by atoms with Gasteiger partial charge in [0.2, 0.25) is 0 Å². The van der Waals surface area contributed by atoms with Gasteiger partial charge in [-0.1, -0.05) is 43.7 Å². The average molecular weight is 293 g/mol. The van der Waals surface area contributed by atoms with Crippen LogP contribution >= 0.6 is 0 Å². The minimum absolute atomic E-state index is 0.140. The molecule has 1 amide bonds. The molecule has 0 aliphatic heterocycles. The van der Waals surface area contributed by atoms with Gasteiger partial charge >= 0.3 is 12.1 Å². The fraction of sp³-hybridized carbons (Fsp3) is 0.500. The third-order valence-electron chi connectivity index (χ3n) is 3.16. The summed E-state index contributed by atoms with van der Waals surface area (Å²) in [7, 11) is 0. The van der Waals surface area contributed by atoms with Gasteiger partial charge in [-0.2, -0.15) is 0 Å². The minimum Gasteiger partial charge on any atom is -0.480 e. The average Bonchev–Trinajstić information content (AvgIpc) is 2.45. The lowest BCUT2D eigenvalue weighted by atomic mass is 10.1. The van der Waals surface area contributed by atoms with Crippen molar-refractivity contribution in [2.24, 2.45) is 0 Å². The second-order valence-electron chi connectivity index (χ2n) is 5.18. The van der Waals surface area contributed by atoms with Crippen molar-refractivity contribution in [2.75, 3.05) is 0 Å². The van der Waals surface area contributed by atoms with Crippen LogP contribution in [-0.2, 0) is 16.1 Å². The molecule has 0 aliphatic rings. The summed E-state index contributed by atoms with van der Waals surface area (Å²) in [5, 5.41) is 9.31. The van der Waals surface area contributed by atoms with E-state index >= 15 is 0 Å². The van der Waals surface area contributed by atoms with Gasteiger partial charge in [0.05, 0.1) is 0 Å². The van der Waals surface area contributed by atoms with Crippen LogP contribution in [0.5, 0.6) is 0 Å². The fourth-order valence-corrected chi connectivity index (χ4v) is 2.15. The van der Waals surface area contributed by atoms with Crippen molar-refractivity contribution < 1.29 is 19.4 Å². The van der Waals surface area contributed by atoms with Gasteiger partial charge in [0.25, 0.3) is 0 Å². The molecule has 0 saturated carbocycles. The van der Waals surface area contributed by atoms with Gasteiger partial charge in [-0.15, -0.1) is 0 Å². The molecule has 1 aromatic carbocycles. The van der Waals surface area contributed by atoms with Crippen molar-refractivity contribution in [1.29, 1.82) is 0 Å². The van der Waals surface area contributed by atoms with Crippen molar-refractivity contribution in [3.05, 3.63) is 35.9 Å². The van der Waals surface area contributed by atoms with E-state index in [9.17, 15) is 14.7 Å². The summed E-state index contributed by atoms with van der Waals surface area (Å²) in [5.41, 5.74) is 0.872. The number of nitrogens with zero attached hydrogens (tertiary/aromatic N) is 1. The number of carboxylic acid groups (broad SMARTS) is 1. The molecule has 1 aromatic rings. The molecule has 0 bridgehead atoms. The van der Waals surface area contributed by atoms with E-state index in [0.717, 1.165) is 5.56 Å². The summed E-state index contributed by atoms with van der Waals surface area (Å²) in [6.45, 7) is 5.61. The molecular formula is C16H23NO4. The highest BCUT2D eigenvalue weighted by atomic mass is 16.6. The number of aliphatic carboxylic acids is 1. The van der Waals surface area contributed by atoms with Crippen LogP contribution in [0.3, 0.4) is 0 Å². The molecule has 1 N–H and O–H groups in total. The van der Waals surface area contributed by atoms with E-state index in [1.54, 1.807) is 13.8 Å². The second kappa shape index (κ2) is 8.29. The van der Waals surface area contributed by atoms with Gasteiger partial charge in [0.15, 0.2) is 0 Å². The highest BCUT2D eigenvalue weighted by molar-refractivity contribution is 5.80. The molecule has 0 spiro atoms. The van der Waals surface area contributed by atoms with Crippen LogP contribution in [0.15, 0.2) is 30.3 Å². The van der Waals surface area contributed by atoms with Crippen molar-refractivity contribution in [2.45, 2.75) is 52.3 Å². The zero-order valence-electron chi connectivity index (χ0n) is 12.8. The van der Waals surface area contributed by atoms with E-state index in [1.165, 1.54) is 4.90 Å². The molecule has 0 heterocycles. The van der Waals surface area contributed by atoms with Crippen molar-refractivity contribution in [3.8, 4) is 0 Å². The van der Waals surface area contributed by atoms with Gasteiger partial charge in [0, 0.05) is 6.04 Å². The number of carbonyl (C=O) groups is 2. The van der Waals surface area contributed by atoms with Gasteiger partial charge in [-0.25, -0.2) is 9.59 Å². The summed E-state index contributed by atoms with van der Waals surface area (Å²) < 4.78 is 5.25. The minimum atomic E-state index is -0.998. The number of benzene rings is 1. The smallest absolute Gasteiger partial charge is 0.411 e. The highest BCUT2D eigenvalue weighted by Crippen LogP contribution is 2.14. The van der Waals surface area contributed by atoms with Gasteiger partial charge in [-0.05, 0) is 25.8 Å². The second-order valence-corrected chi connectivity index (χ2v) is 5.18. The summed E-state index contributed by atoms with van der Waals surface area (Å²) in [6.07, 6.45) is 0.509. The number of carbonyl (C=O) groups excluding carboxylic acids is 1. The van der Waals surface area contributed by atoms with Gasteiger partial charge in [0.1, 0.15) is 12.6 Å². The Bertz CT molecular complexity index is 459. The van der Waals surface area contributed by atoms with Crippen molar-refractivity contribution in [1.82, 2.24) is 4.90 Å². The molecular weight excluding hydrogens is 270 g/mol. The number of amides is 1. The maximum Gasteiger partial charge on any atom is 0.411 e. The first-order chi connectivity index (χ1) is 9.97. The standard InChI is InChI=1S/C16H23NO4/c1-4-8-14(15(18)19)17(12(2)3)16(20)21-11-13-9-6-5-7-10-13/h5-7,9-10,12,14H,4,8,11H2,1-3H3,(H,18,19). The molecule has 116 valence electrons. The fourth-order valence-electron chi connectivity index (χ4n) is 2.15. The molecule has 0 radical (unpaired) electrons. The third-order valence-corrected chi connectivity index (χ3v) is 3.16. The number of hydrogen-bond donors (Lipinski definition) is 1. The Morgan fingerprint density at radius 2 is 1.86 bits per heavy atom. The quantitative estimate of drug-likeness (QED) is 0.837. The van der Waals surface area contributed by atoms with E-state index in [-0.39, 0.29) is 12.6 Å². The summed E-state index contributed by atoms with van der Waals surface area (Å²) in [6, 6.07) is 8.23. The first kappa shape index (κ1) is 17.0. The zero-order valence-corrected chi connectivity index (χ0v) is 12.8. The SMILES string of the molecule is CCCC(C(=O)O)N(C(=O)OCc1ccccc1)C(C)C. The molecule has 0 aliphatic carbocycles. The van der Waals surface area contributed by atoms with E-state index in [0.29, 0.717) is 12.8 Å². The van der Waals surface area contributed by atoms with Crippen LogP contribution in [0, 0.1) is 0 Å². The van der Waals surface area contributed by atoms with Crippen LogP contribution < -0.4 is 0 Å². The van der Waals surface area contributed by atoms with Crippen LogP contribution in [0.2, 0.25) is 0 Å². The number of ether oxygens (including phenoxy) is 1. The normalized spacial score (nSPS) is 12.0.